The summed E-state index contributed by atoms with van der Waals surface area (Å²) in [6, 6.07) is 7.92. The second-order valence-corrected chi connectivity index (χ2v) is 27.0. The molecular formula is C65H90N14O19S2. The molecule has 1 aromatic heterocycles. The van der Waals surface area contributed by atoms with Gasteiger partial charge in [0.05, 0.1) is 38.4 Å². The number of phenolic OH excluding ortho intramolecular Hbond substituents is 1. The van der Waals surface area contributed by atoms with Crippen LogP contribution in [0.3, 0.4) is 0 Å². The zero-order valence-electron chi connectivity index (χ0n) is 55.4. The average Bonchev–Trinajstić information content (AvgIpc) is 1.59. The molecule has 33 nitrogen and oxygen atoms in total. The molecule has 10 atom stereocenters. The van der Waals surface area contributed by atoms with Crippen LogP contribution < -0.4 is 48.3 Å². The average molecular weight is 1440 g/mol. The van der Waals surface area contributed by atoms with Crippen molar-refractivity contribution in [3.05, 3.63) is 102 Å². The number of carboxylic acid groups (broad SMARTS) is 4. The fourth-order valence-electron chi connectivity index (χ4n) is 11.1. The summed E-state index contributed by atoms with van der Waals surface area (Å²) in [7, 11) is 1.66. The summed E-state index contributed by atoms with van der Waals surface area (Å²) in [5.74, 6) is -14.0. The van der Waals surface area contributed by atoms with Gasteiger partial charge in [0.25, 0.3) is 0 Å². The number of phenols is 1. The molecule has 546 valence electrons. The number of carbonyl (C=O) groups excluding carboxylic acids is 8. The maximum Gasteiger partial charge on any atom is 0.328 e. The first kappa shape index (κ1) is 80.0. The van der Waals surface area contributed by atoms with Crippen LogP contribution in [-0.4, -0.2) is 289 Å². The monoisotopic (exact) mass is 1430 g/mol. The molecule has 100 heavy (non-hydrogen) atoms. The van der Waals surface area contributed by atoms with Crippen molar-refractivity contribution in [1.29, 1.82) is 0 Å². The number of carboxylic acids is 4. The number of aliphatic hydroxyl groups excluding tert-OH is 2. The molecule has 18 N–H and O–H groups in total. The van der Waals surface area contributed by atoms with Crippen molar-refractivity contribution in [3.63, 3.8) is 0 Å². The number of aromatic amines is 1. The minimum Gasteiger partial charge on any atom is -0.508 e. The van der Waals surface area contributed by atoms with Crippen molar-refractivity contribution >= 4 is 104 Å². The zero-order valence-corrected chi connectivity index (χ0v) is 57.1. The van der Waals surface area contributed by atoms with E-state index in [-0.39, 0.29) is 103 Å². The van der Waals surface area contributed by atoms with Crippen LogP contribution in [0.5, 0.6) is 5.75 Å². The van der Waals surface area contributed by atoms with Gasteiger partial charge in [0.1, 0.15) is 48.0 Å². The van der Waals surface area contributed by atoms with Gasteiger partial charge in [0, 0.05) is 100 Å². The molecule has 3 heterocycles. The number of aromatic nitrogens is 1. The molecule has 4 aromatic rings. The highest BCUT2D eigenvalue weighted by molar-refractivity contribution is 8.76. The number of benzene rings is 3. The fourth-order valence-corrected chi connectivity index (χ4v) is 13.4. The number of fused-ring (bicyclic) bond motifs is 1. The van der Waals surface area contributed by atoms with Crippen LogP contribution >= 0.6 is 21.6 Å². The van der Waals surface area contributed by atoms with Crippen LogP contribution in [0.2, 0.25) is 0 Å². The van der Waals surface area contributed by atoms with Gasteiger partial charge in [-0.15, -0.1) is 0 Å². The lowest BCUT2D eigenvalue weighted by molar-refractivity contribution is -0.145. The van der Waals surface area contributed by atoms with E-state index in [2.05, 4.69) is 47.5 Å². The van der Waals surface area contributed by atoms with E-state index in [4.69, 9.17) is 5.73 Å². The Morgan fingerprint density at radius 1 is 0.580 bits per heavy atom. The molecule has 2 fully saturated rings. The first-order chi connectivity index (χ1) is 47.7. The molecule has 6 rings (SSSR count). The number of aliphatic hydroxyl groups is 2. The number of amides is 8. The Balaban J connectivity index is 1.41. The summed E-state index contributed by atoms with van der Waals surface area (Å²) >= 11 is 0. The zero-order chi connectivity index (χ0) is 73.0. The van der Waals surface area contributed by atoms with Gasteiger partial charge in [-0.2, -0.15) is 0 Å². The van der Waals surface area contributed by atoms with Gasteiger partial charge in [0.15, 0.2) is 6.04 Å². The van der Waals surface area contributed by atoms with Crippen molar-refractivity contribution < 1.29 is 93.3 Å². The number of H-pyrrole nitrogens is 1. The first-order valence-corrected chi connectivity index (χ1v) is 35.0. The summed E-state index contributed by atoms with van der Waals surface area (Å²) in [5.41, 5.74) is 7.96. The molecule has 4 unspecified atom stereocenters. The van der Waals surface area contributed by atoms with Gasteiger partial charge in [-0.25, -0.2) is 4.79 Å². The molecule has 0 spiro atoms. The number of hydrogen-bond acceptors (Lipinski definition) is 22. The summed E-state index contributed by atoms with van der Waals surface area (Å²) in [5, 5.41) is 92.4. The van der Waals surface area contributed by atoms with E-state index in [1.165, 1.54) is 24.3 Å². The van der Waals surface area contributed by atoms with Gasteiger partial charge in [-0.3, -0.25) is 72.3 Å². The second kappa shape index (κ2) is 40.3. The van der Waals surface area contributed by atoms with E-state index < -0.39 is 163 Å². The lowest BCUT2D eigenvalue weighted by Crippen LogP contribution is -2.62. The van der Waals surface area contributed by atoms with Crippen molar-refractivity contribution in [2.24, 2.45) is 5.73 Å². The Kier molecular flexibility index (Phi) is 32.3. The Morgan fingerprint density at radius 3 is 1.65 bits per heavy atom. The maximum absolute atomic E-state index is 15.3. The second-order valence-electron chi connectivity index (χ2n) is 24.5. The van der Waals surface area contributed by atoms with Gasteiger partial charge < -0.3 is 89.0 Å². The van der Waals surface area contributed by atoms with E-state index in [1.54, 1.807) is 80.4 Å². The topological polar surface area (TPSA) is 497 Å². The predicted octanol–water partition coefficient (Wildman–Crippen LogP) is -3.37. The van der Waals surface area contributed by atoms with E-state index in [0.29, 0.717) is 34.0 Å². The summed E-state index contributed by atoms with van der Waals surface area (Å²) in [6.45, 7) is 1.38. The summed E-state index contributed by atoms with van der Waals surface area (Å²) < 4.78 is 0. The SMILES string of the molecule is CC(O)C(NC(=O)[C@@H]1CSSC[C@H](NC(=O)[C@@H](Cc2ccccc2)NC(=O)CN2CCN(CC(=O)O)CCN(CC(=O)O)CCN(CC(=O)O)CC2)C(=O)N[C@@H](Cc2ccc(O)cc2)C(=O)N[C@H](Cc2c[nH]c3ccccc23)C(=O)N[C@@H](CCCCN)C(=O)NC(C(C)O)C(=O)N1)C(=O)O. The molecule has 8 amide bonds. The quantitative estimate of drug-likeness (QED) is 0.0215. The molecule has 2 aliphatic heterocycles. The molecule has 0 bridgehead atoms. The smallest absolute Gasteiger partial charge is 0.328 e. The maximum atomic E-state index is 15.3. The van der Waals surface area contributed by atoms with E-state index >= 15 is 14.4 Å². The normalized spacial score (nSPS) is 21.9. The highest BCUT2D eigenvalue weighted by Gasteiger charge is 2.38. The third-order valence-corrected chi connectivity index (χ3v) is 19.0. The molecule has 0 saturated carbocycles. The van der Waals surface area contributed by atoms with Crippen molar-refractivity contribution in [2.45, 2.75) is 113 Å². The van der Waals surface area contributed by atoms with Gasteiger partial charge >= 0.3 is 23.9 Å². The number of nitrogens with two attached hydrogens (primary N) is 1. The minimum atomic E-state index is -1.91. The van der Waals surface area contributed by atoms with Crippen molar-refractivity contribution in [3.8, 4) is 5.75 Å². The minimum absolute atomic E-state index is 0.0426. The van der Waals surface area contributed by atoms with Crippen molar-refractivity contribution in [1.82, 2.24) is 67.1 Å². The molecule has 2 aliphatic rings. The molecule has 0 aliphatic carbocycles. The summed E-state index contributed by atoms with van der Waals surface area (Å²) in [4.78, 5) is 176. The van der Waals surface area contributed by atoms with Crippen LogP contribution in [0.4, 0.5) is 0 Å². The lowest BCUT2D eigenvalue weighted by Gasteiger charge is -2.33. The Hall–Kier alpha value is -8.94. The molecule has 3 aromatic carbocycles. The van der Waals surface area contributed by atoms with Gasteiger partial charge in [-0.1, -0.05) is 82.3 Å². The standard InChI is InChI=1S/C65H90N14O19S2/c1-38(80)56-64(96)73-51(63(95)75-57(39(2)81)65(97)98)37-100-99-36-50(72-59(91)47(28-40-10-4-3-5-11-40)68-52(83)32-76-20-22-77(33-53(84)85)24-26-79(35-55(88)89)27-25-78(23-21-76)34-54(86)87)62(94)70-48(29-41-15-17-43(82)18-16-41)60(92)71-49(30-42-31-67-45-13-7-6-12-44(42)45)61(93)69-46(58(90)74-56)14-8-9-19-66/h3-7,10-13,15-18,31,38-39,46-51,56-57,67,80-82H,8-9,14,19-30,32-37,66H2,1-2H3,(H,68,83)(H,69,93)(H,70,94)(H,71,92)(H,72,91)(H,73,96)(H,74,90)(H,75,95)(H,84,85)(H,86,87)(H,88,89)(H,97,98)/t38?,39?,46-,47+,48-,49+,50-,51-,56?,57?/m0/s1. The number of unbranched alkanes of at least 4 members (excludes halogenated alkanes) is 1. The Morgan fingerprint density at radius 2 is 1.10 bits per heavy atom. The van der Waals surface area contributed by atoms with E-state index in [1.807, 2.05) is 0 Å². The van der Waals surface area contributed by atoms with Crippen LogP contribution in [-0.2, 0) is 76.8 Å². The molecule has 2 saturated heterocycles. The Bertz CT molecular complexity index is 3410. The Labute approximate surface area is 584 Å². The largest absolute Gasteiger partial charge is 0.508 e. The number of para-hydroxylation sites is 1. The lowest BCUT2D eigenvalue weighted by atomic mass is 10.0. The molecular weight excluding hydrogens is 1340 g/mol. The number of aromatic hydroxyl groups is 1. The number of rotatable bonds is 26. The van der Waals surface area contributed by atoms with Crippen LogP contribution in [0.15, 0.2) is 85.1 Å². The highest BCUT2D eigenvalue weighted by Crippen LogP contribution is 2.25. The highest BCUT2D eigenvalue weighted by atomic mass is 33.1. The molecule has 0 radical (unpaired) electrons. The first-order valence-electron chi connectivity index (χ1n) is 32.5. The number of aliphatic carboxylic acids is 4. The van der Waals surface area contributed by atoms with Crippen LogP contribution in [0.25, 0.3) is 10.9 Å². The number of carbonyl (C=O) groups is 12. The van der Waals surface area contributed by atoms with E-state index in [0.717, 1.165) is 35.4 Å². The number of hydrogen-bond donors (Lipinski definition) is 17. The predicted molar refractivity (Wildman–Crippen MR) is 367 cm³/mol. The molecule has 35 heteroatoms. The van der Waals surface area contributed by atoms with Gasteiger partial charge in [0.2, 0.25) is 47.3 Å². The fraction of sp³-hybridized carbons (Fsp3) is 0.508. The van der Waals surface area contributed by atoms with E-state index in [9.17, 15) is 78.9 Å². The number of nitrogens with zero attached hydrogens (tertiary/aromatic N) is 4. The summed E-state index contributed by atoms with van der Waals surface area (Å²) in [6.07, 6.45) is -1.92. The van der Waals surface area contributed by atoms with Crippen LogP contribution in [0.1, 0.15) is 49.8 Å². The third-order valence-electron chi connectivity index (χ3n) is 16.6. The third kappa shape index (κ3) is 26.6. The number of nitrogens with one attached hydrogen (secondary N) is 9. The van der Waals surface area contributed by atoms with Crippen LogP contribution in [0, 0.1) is 0 Å². The van der Waals surface area contributed by atoms with Gasteiger partial charge in [-0.05, 0) is 74.5 Å². The van der Waals surface area contributed by atoms with Crippen molar-refractivity contribution in [2.75, 3.05) is 96.6 Å².